The average molecular weight is 400 g/mol. The van der Waals surface area contributed by atoms with Crippen LogP contribution in [0, 0.1) is 5.82 Å². The second-order valence-electron chi connectivity index (χ2n) is 5.79. The van der Waals surface area contributed by atoms with Gasteiger partial charge in [-0.15, -0.1) is 0 Å². The SMILES string of the molecule is COc1ccc(S(=O)(=O)Nc2ccccc2C(=O)Nc2ccc(F)cc2)cc1. The van der Waals surface area contributed by atoms with Gasteiger partial charge in [0.15, 0.2) is 0 Å². The Bertz CT molecular complexity index is 1080. The van der Waals surface area contributed by atoms with E-state index in [4.69, 9.17) is 4.74 Å². The predicted molar refractivity (Wildman–Crippen MR) is 105 cm³/mol. The van der Waals surface area contributed by atoms with Crippen LogP contribution in [0.4, 0.5) is 15.8 Å². The fourth-order valence-electron chi connectivity index (χ4n) is 2.46. The first kappa shape index (κ1) is 19.4. The number of nitrogens with one attached hydrogen (secondary N) is 2. The van der Waals surface area contributed by atoms with E-state index in [0.29, 0.717) is 11.4 Å². The first-order valence-corrected chi connectivity index (χ1v) is 9.70. The molecule has 3 aromatic carbocycles. The van der Waals surface area contributed by atoms with E-state index in [1.165, 1.54) is 67.8 Å². The standard InChI is InChI=1S/C20H17FN2O4S/c1-27-16-10-12-17(13-11-16)28(25,26)23-19-5-3-2-4-18(19)20(24)22-15-8-6-14(21)7-9-15/h2-13,23H,1H3,(H,22,24). The lowest BCUT2D eigenvalue weighted by molar-refractivity contribution is 0.102. The maximum Gasteiger partial charge on any atom is 0.261 e. The van der Waals surface area contributed by atoms with Crippen LogP contribution in [0.1, 0.15) is 10.4 Å². The Hall–Kier alpha value is -3.39. The largest absolute Gasteiger partial charge is 0.497 e. The number of rotatable bonds is 6. The van der Waals surface area contributed by atoms with Gasteiger partial charge in [-0.05, 0) is 60.7 Å². The summed E-state index contributed by atoms with van der Waals surface area (Å²) in [5.74, 6) is -0.427. The van der Waals surface area contributed by atoms with Crippen molar-refractivity contribution in [1.82, 2.24) is 0 Å². The molecular formula is C20H17FN2O4S. The van der Waals surface area contributed by atoms with Crippen LogP contribution in [0.2, 0.25) is 0 Å². The van der Waals surface area contributed by atoms with Crippen molar-refractivity contribution in [2.24, 2.45) is 0 Å². The first-order valence-electron chi connectivity index (χ1n) is 8.22. The topological polar surface area (TPSA) is 84.5 Å². The van der Waals surface area contributed by atoms with Crippen LogP contribution in [0.15, 0.2) is 77.7 Å². The molecule has 0 aliphatic carbocycles. The Morgan fingerprint density at radius 3 is 2.21 bits per heavy atom. The molecule has 0 aromatic heterocycles. The van der Waals surface area contributed by atoms with E-state index in [1.54, 1.807) is 12.1 Å². The molecule has 0 aliphatic heterocycles. The number of sulfonamides is 1. The zero-order valence-corrected chi connectivity index (χ0v) is 15.7. The maximum absolute atomic E-state index is 13.0. The van der Waals surface area contributed by atoms with Crippen LogP contribution in [-0.4, -0.2) is 21.4 Å². The Morgan fingerprint density at radius 2 is 1.57 bits per heavy atom. The number of methoxy groups -OCH3 is 1. The number of carbonyl (C=O) groups is 1. The molecule has 0 saturated heterocycles. The third-order valence-electron chi connectivity index (χ3n) is 3.89. The van der Waals surface area contributed by atoms with Gasteiger partial charge in [0, 0.05) is 5.69 Å². The molecule has 0 radical (unpaired) electrons. The highest BCUT2D eigenvalue weighted by Gasteiger charge is 2.19. The molecule has 0 heterocycles. The lowest BCUT2D eigenvalue weighted by Crippen LogP contribution is -2.18. The minimum atomic E-state index is -3.91. The molecule has 6 nitrogen and oxygen atoms in total. The number of benzene rings is 3. The van der Waals surface area contributed by atoms with Gasteiger partial charge in [0.1, 0.15) is 11.6 Å². The second kappa shape index (κ2) is 8.10. The van der Waals surface area contributed by atoms with Gasteiger partial charge in [-0.3, -0.25) is 9.52 Å². The van der Waals surface area contributed by atoms with Crippen molar-refractivity contribution in [3.63, 3.8) is 0 Å². The quantitative estimate of drug-likeness (QED) is 0.658. The first-order chi connectivity index (χ1) is 13.4. The third kappa shape index (κ3) is 4.47. The number of hydrogen-bond donors (Lipinski definition) is 2. The van der Waals surface area contributed by atoms with Crippen LogP contribution in [0.25, 0.3) is 0 Å². The Balaban J connectivity index is 1.84. The van der Waals surface area contributed by atoms with Gasteiger partial charge >= 0.3 is 0 Å². The second-order valence-corrected chi connectivity index (χ2v) is 7.47. The fraction of sp³-hybridized carbons (Fsp3) is 0.0500. The highest BCUT2D eigenvalue weighted by molar-refractivity contribution is 7.92. The summed E-state index contributed by atoms with van der Waals surface area (Å²) in [5, 5.41) is 2.61. The van der Waals surface area contributed by atoms with Gasteiger partial charge in [0.25, 0.3) is 15.9 Å². The molecule has 3 aromatic rings. The highest BCUT2D eigenvalue weighted by Crippen LogP contribution is 2.23. The molecule has 0 atom stereocenters. The van der Waals surface area contributed by atoms with E-state index in [9.17, 15) is 17.6 Å². The van der Waals surface area contributed by atoms with Crippen molar-refractivity contribution in [1.29, 1.82) is 0 Å². The third-order valence-corrected chi connectivity index (χ3v) is 5.27. The molecule has 0 saturated carbocycles. The van der Waals surface area contributed by atoms with Crippen LogP contribution in [0.5, 0.6) is 5.75 Å². The molecular weight excluding hydrogens is 383 g/mol. The summed E-state index contributed by atoms with van der Waals surface area (Å²) in [6.07, 6.45) is 0. The summed E-state index contributed by atoms with van der Waals surface area (Å²) in [6.45, 7) is 0. The molecule has 0 fully saturated rings. The normalized spacial score (nSPS) is 10.9. The number of para-hydroxylation sites is 1. The summed E-state index contributed by atoms with van der Waals surface area (Å²) < 4.78 is 45.8. The zero-order valence-electron chi connectivity index (χ0n) is 14.8. The molecule has 2 N–H and O–H groups in total. The number of anilines is 2. The Morgan fingerprint density at radius 1 is 0.929 bits per heavy atom. The van der Waals surface area contributed by atoms with Crippen molar-refractivity contribution in [2.45, 2.75) is 4.90 Å². The molecule has 0 aliphatic rings. The number of carbonyl (C=O) groups excluding carboxylic acids is 1. The molecule has 0 unspecified atom stereocenters. The van der Waals surface area contributed by atoms with Crippen LogP contribution in [0.3, 0.4) is 0 Å². The van der Waals surface area contributed by atoms with Crippen molar-refractivity contribution >= 4 is 27.3 Å². The predicted octanol–water partition coefficient (Wildman–Crippen LogP) is 3.89. The molecule has 0 spiro atoms. The van der Waals surface area contributed by atoms with E-state index in [1.807, 2.05) is 0 Å². The molecule has 144 valence electrons. The lowest BCUT2D eigenvalue weighted by Gasteiger charge is -2.13. The van der Waals surface area contributed by atoms with Crippen LogP contribution < -0.4 is 14.8 Å². The Labute approximate surface area is 162 Å². The van der Waals surface area contributed by atoms with Gasteiger partial charge in [-0.1, -0.05) is 12.1 Å². The van der Waals surface area contributed by atoms with Crippen molar-refractivity contribution in [3.05, 3.63) is 84.2 Å². The minimum Gasteiger partial charge on any atom is -0.497 e. The molecule has 1 amide bonds. The van der Waals surface area contributed by atoms with Gasteiger partial charge in [-0.2, -0.15) is 0 Å². The molecule has 8 heteroatoms. The minimum absolute atomic E-state index is 0.0297. The number of hydrogen-bond acceptors (Lipinski definition) is 4. The summed E-state index contributed by atoms with van der Waals surface area (Å²) >= 11 is 0. The van der Waals surface area contributed by atoms with E-state index < -0.39 is 21.7 Å². The summed E-state index contributed by atoms with van der Waals surface area (Å²) in [4.78, 5) is 12.6. The molecule has 0 bridgehead atoms. The summed E-state index contributed by atoms with van der Waals surface area (Å²) in [7, 11) is -2.42. The smallest absolute Gasteiger partial charge is 0.261 e. The van der Waals surface area contributed by atoms with E-state index in [-0.39, 0.29) is 16.1 Å². The maximum atomic E-state index is 13.0. The molecule has 3 rings (SSSR count). The fourth-order valence-corrected chi connectivity index (χ4v) is 3.54. The van der Waals surface area contributed by atoms with Crippen molar-refractivity contribution in [3.8, 4) is 5.75 Å². The summed E-state index contributed by atoms with van der Waals surface area (Å²) in [5.41, 5.74) is 0.640. The lowest BCUT2D eigenvalue weighted by atomic mass is 10.1. The number of ether oxygens (including phenoxy) is 1. The van der Waals surface area contributed by atoms with Crippen molar-refractivity contribution in [2.75, 3.05) is 17.1 Å². The number of halogens is 1. The van der Waals surface area contributed by atoms with Crippen LogP contribution >= 0.6 is 0 Å². The Kier molecular flexibility index (Phi) is 5.60. The van der Waals surface area contributed by atoms with Crippen LogP contribution in [-0.2, 0) is 10.0 Å². The number of amides is 1. The van der Waals surface area contributed by atoms with Gasteiger partial charge in [0.05, 0.1) is 23.3 Å². The highest BCUT2D eigenvalue weighted by atomic mass is 32.2. The van der Waals surface area contributed by atoms with E-state index in [0.717, 1.165) is 0 Å². The average Bonchev–Trinajstić information content (AvgIpc) is 2.70. The monoisotopic (exact) mass is 400 g/mol. The van der Waals surface area contributed by atoms with Gasteiger partial charge in [0.2, 0.25) is 0 Å². The molecule has 28 heavy (non-hydrogen) atoms. The van der Waals surface area contributed by atoms with E-state index in [2.05, 4.69) is 10.0 Å². The van der Waals surface area contributed by atoms with Crippen molar-refractivity contribution < 1.29 is 22.3 Å². The zero-order chi connectivity index (χ0) is 20.1. The van der Waals surface area contributed by atoms with Gasteiger partial charge in [-0.25, -0.2) is 12.8 Å². The van der Waals surface area contributed by atoms with E-state index >= 15 is 0 Å². The summed E-state index contributed by atoms with van der Waals surface area (Å²) in [6, 6.07) is 17.3. The van der Waals surface area contributed by atoms with Gasteiger partial charge < -0.3 is 10.1 Å².